The van der Waals surface area contributed by atoms with Gasteiger partial charge in [0.1, 0.15) is 11.6 Å². The highest BCUT2D eigenvalue weighted by Gasteiger charge is 2.23. The summed E-state index contributed by atoms with van der Waals surface area (Å²) in [4.78, 5) is 26.9. The van der Waals surface area contributed by atoms with E-state index in [1.54, 1.807) is 39.0 Å². The molecule has 0 bridgehead atoms. The lowest BCUT2D eigenvalue weighted by atomic mass is 10.1. The average Bonchev–Trinajstić information content (AvgIpc) is 2.34. The fraction of sp³-hybridized carbons (Fsp3) is 0.357. The smallest absolute Gasteiger partial charge is 0.326 e. The van der Waals surface area contributed by atoms with Gasteiger partial charge in [0.2, 0.25) is 0 Å². The summed E-state index contributed by atoms with van der Waals surface area (Å²) < 4.78 is 5.47. The van der Waals surface area contributed by atoms with E-state index in [4.69, 9.17) is 9.52 Å². The molecule has 1 atom stereocenters. The van der Waals surface area contributed by atoms with Crippen LogP contribution in [0.1, 0.15) is 19.4 Å². The molecule has 0 radical (unpaired) electrons. The third-order valence-electron chi connectivity index (χ3n) is 3.07. The molecule has 2 aromatic rings. The third kappa shape index (κ3) is 2.64. The van der Waals surface area contributed by atoms with Crippen LogP contribution in [-0.2, 0) is 4.79 Å². The Labute approximate surface area is 115 Å². The Kier molecular flexibility index (Phi) is 3.74. The zero-order valence-corrected chi connectivity index (χ0v) is 11.5. The van der Waals surface area contributed by atoms with Gasteiger partial charge in [-0.2, -0.15) is 4.98 Å². The van der Waals surface area contributed by atoms with Gasteiger partial charge in [0, 0.05) is 0 Å². The van der Waals surface area contributed by atoms with Gasteiger partial charge in [-0.3, -0.25) is 4.79 Å². The first-order valence-corrected chi connectivity index (χ1v) is 6.30. The number of rotatable bonds is 4. The number of fused-ring (bicyclic) bond motifs is 1. The topological polar surface area (TPSA) is 92.4 Å². The zero-order chi connectivity index (χ0) is 14.9. The van der Waals surface area contributed by atoms with Gasteiger partial charge in [0.15, 0.2) is 0 Å². The molecule has 0 unspecified atom stereocenters. The molecule has 0 aliphatic rings. The summed E-state index contributed by atoms with van der Waals surface area (Å²) in [6.07, 6.45) is 0. The predicted molar refractivity (Wildman–Crippen MR) is 74.9 cm³/mol. The van der Waals surface area contributed by atoms with Crippen molar-refractivity contribution in [3.05, 3.63) is 34.1 Å². The van der Waals surface area contributed by atoms with E-state index in [-0.39, 0.29) is 11.9 Å². The number of hydrogen-bond donors (Lipinski definition) is 2. The van der Waals surface area contributed by atoms with Crippen LogP contribution >= 0.6 is 0 Å². The highest BCUT2D eigenvalue weighted by molar-refractivity contribution is 5.80. The number of carbonyl (C=O) groups is 1. The maximum atomic E-state index is 12.0. The fourth-order valence-corrected chi connectivity index (χ4v) is 1.98. The van der Waals surface area contributed by atoms with E-state index < -0.39 is 17.6 Å². The molecule has 20 heavy (non-hydrogen) atoms. The van der Waals surface area contributed by atoms with Crippen molar-refractivity contribution in [1.29, 1.82) is 0 Å². The van der Waals surface area contributed by atoms with Gasteiger partial charge in [0.25, 0.3) is 11.6 Å². The lowest BCUT2D eigenvalue weighted by Gasteiger charge is -2.17. The molecule has 0 aliphatic carbocycles. The Balaban J connectivity index is 2.47. The number of nitrogens with zero attached hydrogens (tertiary/aromatic N) is 1. The number of benzene rings is 1. The SMILES string of the molecule is Cc1cccc2oc(N[C@H](C(=O)O)C(C)C)nc(=O)c12. The second kappa shape index (κ2) is 5.32. The van der Waals surface area contributed by atoms with Crippen molar-refractivity contribution in [1.82, 2.24) is 4.98 Å². The van der Waals surface area contributed by atoms with Gasteiger partial charge >= 0.3 is 5.97 Å². The van der Waals surface area contributed by atoms with Crippen LogP contribution in [0.15, 0.2) is 27.4 Å². The number of aryl methyl sites for hydroxylation is 1. The summed E-state index contributed by atoms with van der Waals surface area (Å²) in [5.74, 6) is -1.19. The van der Waals surface area contributed by atoms with Crippen LogP contribution in [0, 0.1) is 12.8 Å². The summed E-state index contributed by atoms with van der Waals surface area (Å²) in [6.45, 7) is 5.31. The van der Waals surface area contributed by atoms with E-state index in [9.17, 15) is 9.59 Å². The quantitative estimate of drug-likeness (QED) is 0.887. The number of carboxylic acids is 1. The van der Waals surface area contributed by atoms with E-state index in [1.165, 1.54) is 0 Å². The first kappa shape index (κ1) is 14.0. The minimum atomic E-state index is -1.02. The molecule has 0 amide bonds. The molecule has 0 aliphatic heterocycles. The van der Waals surface area contributed by atoms with E-state index in [0.29, 0.717) is 11.0 Å². The maximum absolute atomic E-state index is 12.0. The Morgan fingerprint density at radius 2 is 2.10 bits per heavy atom. The minimum absolute atomic E-state index is 0.0748. The maximum Gasteiger partial charge on any atom is 0.326 e. The molecular formula is C14H16N2O4. The van der Waals surface area contributed by atoms with Crippen molar-refractivity contribution in [2.75, 3.05) is 5.32 Å². The molecule has 6 heteroatoms. The van der Waals surface area contributed by atoms with Gasteiger partial charge in [-0.1, -0.05) is 26.0 Å². The zero-order valence-electron chi connectivity index (χ0n) is 11.5. The normalized spacial score (nSPS) is 12.6. The highest BCUT2D eigenvalue weighted by atomic mass is 16.4. The van der Waals surface area contributed by atoms with E-state index in [0.717, 1.165) is 5.56 Å². The Morgan fingerprint density at radius 1 is 1.40 bits per heavy atom. The van der Waals surface area contributed by atoms with E-state index in [1.807, 2.05) is 0 Å². The summed E-state index contributed by atoms with van der Waals surface area (Å²) >= 11 is 0. The van der Waals surface area contributed by atoms with Gasteiger partial charge in [0.05, 0.1) is 5.39 Å². The number of aromatic nitrogens is 1. The van der Waals surface area contributed by atoms with Gasteiger partial charge in [-0.25, -0.2) is 4.79 Å². The molecule has 2 N–H and O–H groups in total. The van der Waals surface area contributed by atoms with Crippen molar-refractivity contribution >= 4 is 23.0 Å². The number of nitrogens with one attached hydrogen (secondary N) is 1. The molecule has 0 saturated heterocycles. The average molecular weight is 276 g/mol. The molecule has 106 valence electrons. The molecule has 1 heterocycles. The molecule has 0 spiro atoms. The van der Waals surface area contributed by atoms with Crippen LogP contribution in [-0.4, -0.2) is 22.1 Å². The largest absolute Gasteiger partial charge is 0.480 e. The lowest BCUT2D eigenvalue weighted by molar-refractivity contribution is -0.138. The molecule has 0 saturated carbocycles. The van der Waals surface area contributed by atoms with Gasteiger partial charge in [-0.15, -0.1) is 0 Å². The van der Waals surface area contributed by atoms with Crippen LogP contribution in [0.25, 0.3) is 11.0 Å². The first-order valence-electron chi connectivity index (χ1n) is 6.30. The number of hydrogen-bond acceptors (Lipinski definition) is 5. The monoisotopic (exact) mass is 276 g/mol. The number of aliphatic carboxylic acids is 1. The summed E-state index contributed by atoms with van der Waals surface area (Å²) in [7, 11) is 0. The van der Waals surface area contributed by atoms with Crippen molar-refractivity contribution < 1.29 is 14.3 Å². The van der Waals surface area contributed by atoms with Crippen LogP contribution in [0.3, 0.4) is 0 Å². The van der Waals surface area contributed by atoms with Crippen molar-refractivity contribution in [2.24, 2.45) is 5.92 Å². The Hall–Kier alpha value is -2.37. The predicted octanol–water partition coefficient (Wildman–Crippen LogP) is 2.02. The molecule has 2 rings (SSSR count). The second-order valence-electron chi connectivity index (χ2n) is 4.98. The molecule has 6 nitrogen and oxygen atoms in total. The van der Waals surface area contributed by atoms with Crippen LogP contribution < -0.4 is 10.9 Å². The summed E-state index contributed by atoms with van der Waals surface area (Å²) in [5.41, 5.74) is 0.731. The van der Waals surface area contributed by atoms with Gasteiger partial charge in [-0.05, 0) is 24.5 Å². The van der Waals surface area contributed by atoms with Crippen LogP contribution in [0.4, 0.5) is 6.01 Å². The molecule has 1 aromatic carbocycles. The first-order chi connectivity index (χ1) is 9.40. The summed E-state index contributed by atoms with van der Waals surface area (Å²) in [6, 6.07) is 4.27. The molecule has 0 fully saturated rings. The third-order valence-corrected chi connectivity index (χ3v) is 3.07. The lowest BCUT2D eigenvalue weighted by Crippen LogP contribution is -2.35. The van der Waals surface area contributed by atoms with Crippen molar-refractivity contribution in [3.63, 3.8) is 0 Å². The van der Waals surface area contributed by atoms with E-state index >= 15 is 0 Å². The van der Waals surface area contributed by atoms with Crippen LogP contribution in [0.2, 0.25) is 0 Å². The number of anilines is 1. The second-order valence-corrected chi connectivity index (χ2v) is 4.98. The molecular weight excluding hydrogens is 260 g/mol. The minimum Gasteiger partial charge on any atom is -0.480 e. The Morgan fingerprint density at radius 3 is 2.70 bits per heavy atom. The van der Waals surface area contributed by atoms with Crippen molar-refractivity contribution in [2.45, 2.75) is 26.8 Å². The van der Waals surface area contributed by atoms with E-state index in [2.05, 4.69) is 10.3 Å². The van der Waals surface area contributed by atoms with Crippen LogP contribution in [0.5, 0.6) is 0 Å². The Bertz CT molecular complexity index is 706. The van der Waals surface area contributed by atoms with Crippen molar-refractivity contribution in [3.8, 4) is 0 Å². The summed E-state index contributed by atoms with van der Waals surface area (Å²) in [5, 5.41) is 12.2. The fourth-order valence-electron chi connectivity index (χ4n) is 1.98. The standard InChI is InChI=1S/C14H16N2O4/c1-7(2)11(13(18)19)15-14-16-12(17)10-8(3)5-4-6-9(10)20-14/h4-7,11H,1-3H3,(H,18,19)(H,15,16,17)/t11-/m0/s1. The number of carboxylic acid groups (broad SMARTS) is 1. The van der Waals surface area contributed by atoms with Gasteiger partial charge < -0.3 is 14.8 Å². The molecule has 1 aromatic heterocycles. The highest BCUT2D eigenvalue weighted by Crippen LogP contribution is 2.18.